The third-order valence-corrected chi connectivity index (χ3v) is 3.76. The quantitative estimate of drug-likeness (QED) is 0.773. The standard InChI is InChI=1S/C15H16O2S/c1-13-7-9-15(10-8-13)18(16)12-17-11-14-5-3-2-4-6-14/h2-10H,11-12H2,1H3. The topological polar surface area (TPSA) is 32.3 Å². The minimum absolute atomic E-state index is 0.234. The predicted octanol–water partition coefficient (Wildman–Crippen LogP) is 3.28. The fraction of sp³-hybridized carbons (Fsp3) is 0.200. The van der Waals surface area contributed by atoms with Crippen molar-refractivity contribution in [3.05, 3.63) is 65.7 Å². The average Bonchev–Trinajstić information content (AvgIpc) is 2.40. The monoisotopic (exact) mass is 260 g/mol. The molecule has 0 bridgehead atoms. The van der Waals surface area contributed by atoms with Gasteiger partial charge in [-0.05, 0) is 24.6 Å². The van der Waals surface area contributed by atoms with Crippen LogP contribution in [0.2, 0.25) is 0 Å². The lowest BCUT2D eigenvalue weighted by Gasteiger charge is -2.10. The zero-order valence-electron chi connectivity index (χ0n) is 10.3. The lowest BCUT2D eigenvalue weighted by Crippen LogP contribution is -2.10. The number of ether oxygens (including phenoxy) is 1. The fourth-order valence-electron chi connectivity index (χ4n) is 1.57. The Labute approximate surface area is 111 Å². The van der Waals surface area contributed by atoms with Crippen molar-refractivity contribution in [1.29, 1.82) is 0 Å². The van der Waals surface area contributed by atoms with E-state index in [4.69, 9.17) is 4.74 Å². The second kappa shape index (κ2) is 6.59. The van der Waals surface area contributed by atoms with Crippen LogP contribution < -0.4 is 0 Å². The van der Waals surface area contributed by atoms with E-state index in [0.717, 1.165) is 10.5 Å². The van der Waals surface area contributed by atoms with Crippen LogP contribution in [0.4, 0.5) is 0 Å². The SMILES string of the molecule is Cc1ccc([S+]([O-])COCc2ccccc2)cc1. The summed E-state index contributed by atoms with van der Waals surface area (Å²) >= 11 is -1.09. The molecule has 2 nitrogen and oxygen atoms in total. The molecule has 2 aromatic rings. The summed E-state index contributed by atoms with van der Waals surface area (Å²) in [6.45, 7) is 2.51. The number of aryl methyl sites for hydroxylation is 1. The van der Waals surface area contributed by atoms with Crippen molar-refractivity contribution in [1.82, 2.24) is 0 Å². The van der Waals surface area contributed by atoms with Gasteiger partial charge in [0.25, 0.3) is 0 Å². The van der Waals surface area contributed by atoms with E-state index in [-0.39, 0.29) is 5.94 Å². The van der Waals surface area contributed by atoms with Crippen LogP contribution in [0.1, 0.15) is 11.1 Å². The molecule has 0 spiro atoms. The predicted molar refractivity (Wildman–Crippen MR) is 73.7 cm³/mol. The molecule has 0 aliphatic rings. The molecule has 1 atom stereocenters. The molecule has 0 saturated carbocycles. The number of rotatable bonds is 5. The molecule has 0 saturated heterocycles. The molecule has 2 rings (SSSR count). The lowest BCUT2D eigenvalue weighted by molar-refractivity contribution is 0.163. The number of hydrogen-bond acceptors (Lipinski definition) is 2. The van der Waals surface area contributed by atoms with Gasteiger partial charge in [0.15, 0.2) is 4.90 Å². The molecule has 0 amide bonds. The molecular weight excluding hydrogens is 244 g/mol. The maximum absolute atomic E-state index is 11.9. The molecule has 18 heavy (non-hydrogen) atoms. The summed E-state index contributed by atoms with van der Waals surface area (Å²) in [6.07, 6.45) is 0. The fourth-order valence-corrected chi connectivity index (χ4v) is 2.38. The van der Waals surface area contributed by atoms with Crippen LogP contribution >= 0.6 is 0 Å². The van der Waals surface area contributed by atoms with Gasteiger partial charge in [-0.15, -0.1) is 0 Å². The molecule has 0 radical (unpaired) electrons. The minimum Gasteiger partial charge on any atom is -0.610 e. The van der Waals surface area contributed by atoms with Crippen molar-refractivity contribution in [3.63, 3.8) is 0 Å². The van der Waals surface area contributed by atoms with Crippen molar-refractivity contribution in [2.75, 3.05) is 5.94 Å². The van der Waals surface area contributed by atoms with Crippen LogP contribution in [0, 0.1) is 6.92 Å². The number of hydrogen-bond donors (Lipinski definition) is 0. The van der Waals surface area contributed by atoms with E-state index >= 15 is 0 Å². The summed E-state index contributed by atoms with van der Waals surface area (Å²) in [6, 6.07) is 17.6. The van der Waals surface area contributed by atoms with Gasteiger partial charge >= 0.3 is 0 Å². The third kappa shape index (κ3) is 3.88. The molecule has 0 fully saturated rings. The summed E-state index contributed by atoms with van der Waals surface area (Å²) < 4.78 is 17.4. The molecule has 0 aromatic heterocycles. The Morgan fingerprint density at radius 1 is 1.00 bits per heavy atom. The maximum Gasteiger partial charge on any atom is 0.211 e. The Kier molecular flexibility index (Phi) is 4.81. The zero-order chi connectivity index (χ0) is 12.8. The largest absolute Gasteiger partial charge is 0.610 e. The molecule has 2 aromatic carbocycles. The summed E-state index contributed by atoms with van der Waals surface area (Å²) in [5.41, 5.74) is 2.26. The van der Waals surface area contributed by atoms with E-state index in [1.807, 2.05) is 61.5 Å². The molecular formula is C15H16O2S. The molecule has 94 valence electrons. The van der Waals surface area contributed by atoms with Gasteiger partial charge < -0.3 is 9.29 Å². The van der Waals surface area contributed by atoms with Crippen LogP contribution in [0.25, 0.3) is 0 Å². The summed E-state index contributed by atoms with van der Waals surface area (Å²) in [5.74, 6) is 0.234. The lowest BCUT2D eigenvalue weighted by atomic mass is 10.2. The molecule has 3 heteroatoms. The summed E-state index contributed by atoms with van der Waals surface area (Å²) in [5, 5.41) is 0. The summed E-state index contributed by atoms with van der Waals surface area (Å²) in [7, 11) is 0. The van der Waals surface area contributed by atoms with E-state index < -0.39 is 11.2 Å². The van der Waals surface area contributed by atoms with E-state index in [9.17, 15) is 4.55 Å². The molecule has 0 aliphatic carbocycles. The van der Waals surface area contributed by atoms with Crippen molar-refractivity contribution < 1.29 is 9.29 Å². The Balaban J connectivity index is 1.81. The average molecular weight is 260 g/mol. The van der Waals surface area contributed by atoms with Crippen LogP contribution in [-0.2, 0) is 22.5 Å². The van der Waals surface area contributed by atoms with Crippen molar-refractivity contribution in [2.45, 2.75) is 18.4 Å². The van der Waals surface area contributed by atoms with Gasteiger partial charge in [-0.25, -0.2) is 0 Å². The van der Waals surface area contributed by atoms with Crippen LogP contribution in [0.15, 0.2) is 59.5 Å². The van der Waals surface area contributed by atoms with Crippen LogP contribution in [-0.4, -0.2) is 10.5 Å². The van der Waals surface area contributed by atoms with Gasteiger partial charge in [0.05, 0.1) is 6.61 Å². The molecule has 0 aliphatic heterocycles. The first-order valence-electron chi connectivity index (χ1n) is 5.82. The highest BCUT2D eigenvalue weighted by Crippen LogP contribution is 2.13. The van der Waals surface area contributed by atoms with E-state index in [0.29, 0.717) is 6.61 Å². The highest BCUT2D eigenvalue weighted by molar-refractivity contribution is 7.91. The zero-order valence-corrected chi connectivity index (χ0v) is 11.2. The first kappa shape index (κ1) is 13.1. The van der Waals surface area contributed by atoms with Gasteiger partial charge in [-0.1, -0.05) is 48.0 Å². The molecule has 0 N–H and O–H groups in total. The van der Waals surface area contributed by atoms with Crippen molar-refractivity contribution >= 4 is 11.2 Å². The number of benzene rings is 2. The van der Waals surface area contributed by atoms with Gasteiger partial charge in [0.1, 0.15) is 0 Å². The third-order valence-electron chi connectivity index (χ3n) is 2.59. The Bertz CT molecular complexity index is 468. The normalized spacial score (nSPS) is 12.3. The van der Waals surface area contributed by atoms with E-state index in [1.54, 1.807) is 0 Å². The Hall–Kier alpha value is -1.29. The van der Waals surface area contributed by atoms with Crippen molar-refractivity contribution in [2.24, 2.45) is 0 Å². The van der Waals surface area contributed by atoms with Gasteiger partial charge in [0.2, 0.25) is 5.94 Å². The van der Waals surface area contributed by atoms with Gasteiger partial charge in [-0.2, -0.15) is 0 Å². The van der Waals surface area contributed by atoms with Gasteiger partial charge in [0, 0.05) is 11.2 Å². The molecule has 1 unspecified atom stereocenters. The van der Waals surface area contributed by atoms with Crippen LogP contribution in [0.3, 0.4) is 0 Å². The Morgan fingerprint density at radius 3 is 2.33 bits per heavy atom. The van der Waals surface area contributed by atoms with E-state index in [1.165, 1.54) is 5.56 Å². The highest BCUT2D eigenvalue weighted by Gasteiger charge is 2.10. The van der Waals surface area contributed by atoms with Crippen LogP contribution in [0.5, 0.6) is 0 Å². The van der Waals surface area contributed by atoms with Crippen molar-refractivity contribution in [3.8, 4) is 0 Å². The summed E-state index contributed by atoms with van der Waals surface area (Å²) in [4.78, 5) is 0.814. The Morgan fingerprint density at radius 2 is 1.67 bits per heavy atom. The van der Waals surface area contributed by atoms with Gasteiger partial charge in [-0.3, -0.25) is 0 Å². The second-order valence-electron chi connectivity index (χ2n) is 4.11. The minimum atomic E-state index is -1.09. The molecule has 0 heterocycles. The first-order chi connectivity index (χ1) is 8.75. The van der Waals surface area contributed by atoms with E-state index in [2.05, 4.69) is 0 Å². The second-order valence-corrected chi connectivity index (χ2v) is 5.51. The first-order valence-corrected chi connectivity index (χ1v) is 7.14. The smallest absolute Gasteiger partial charge is 0.211 e. The highest BCUT2D eigenvalue weighted by atomic mass is 32.2. The maximum atomic E-state index is 11.9.